The van der Waals surface area contributed by atoms with Gasteiger partial charge in [0.25, 0.3) is 0 Å². The zero-order chi connectivity index (χ0) is 12.0. The van der Waals surface area contributed by atoms with Crippen molar-refractivity contribution in [1.82, 2.24) is 4.90 Å². The number of carboxylic acids is 1. The molecular weight excluding hydrogens is 222 g/mol. The Kier molecular flexibility index (Phi) is 6.21. The smallest absolute Gasteiger partial charge is 0.320 e. The summed E-state index contributed by atoms with van der Waals surface area (Å²) in [4.78, 5) is 13.4. The molecule has 2 unspecified atom stereocenters. The summed E-state index contributed by atoms with van der Waals surface area (Å²) in [6.45, 7) is 6.18. The van der Waals surface area contributed by atoms with Crippen molar-refractivity contribution in [2.75, 3.05) is 24.6 Å². The molecule has 0 saturated carbocycles. The summed E-state index contributed by atoms with van der Waals surface area (Å²) in [5.41, 5.74) is 0. The van der Waals surface area contributed by atoms with Gasteiger partial charge in [0.15, 0.2) is 0 Å². The largest absolute Gasteiger partial charge is 0.480 e. The fraction of sp³-hybridized carbons (Fsp3) is 0.917. The molecule has 0 spiro atoms. The molecule has 4 heteroatoms. The van der Waals surface area contributed by atoms with Gasteiger partial charge in [0.2, 0.25) is 0 Å². The number of piperidine rings is 1. The van der Waals surface area contributed by atoms with E-state index < -0.39 is 5.97 Å². The maximum Gasteiger partial charge on any atom is 0.320 e. The van der Waals surface area contributed by atoms with Crippen LogP contribution in [-0.2, 0) is 4.79 Å². The summed E-state index contributed by atoms with van der Waals surface area (Å²) in [7, 11) is 0. The number of nitrogens with zero attached hydrogens (tertiary/aromatic N) is 1. The van der Waals surface area contributed by atoms with E-state index in [9.17, 15) is 9.90 Å². The van der Waals surface area contributed by atoms with Gasteiger partial charge in [-0.3, -0.25) is 9.69 Å². The van der Waals surface area contributed by atoms with Crippen molar-refractivity contribution in [2.45, 2.75) is 39.2 Å². The van der Waals surface area contributed by atoms with Crippen molar-refractivity contribution in [2.24, 2.45) is 5.92 Å². The Bertz CT molecular complexity index is 221. The molecule has 0 aliphatic carbocycles. The van der Waals surface area contributed by atoms with Crippen molar-refractivity contribution >= 4 is 17.7 Å². The molecule has 1 heterocycles. The lowest BCUT2D eigenvalue weighted by atomic mass is 9.89. The van der Waals surface area contributed by atoms with Crippen LogP contribution in [0.2, 0.25) is 0 Å². The lowest BCUT2D eigenvalue weighted by Gasteiger charge is -2.36. The second-order valence-electron chi connectivity index (χ2n) is 4.39. The van der Waals surface area contributed by atoms with Crippen molar-refractivity contribution in [3.8, 4) is 0 Å². The molecule has 0 aromatic rings. The van der Waals surface area contributed by atoms with Crippen LogP contribution in [0, 0.1) is 5.92 Å². The highest BCUT2D eigenvalue weighted by atomic mass is 32.2. The lowest BCUT2D eigenvalue weighted by molar-refractivity contribution is -0.145. The predicted octanol–water partition coefficient (Wildman–Crippen LogP) is 2.31. The Morgan fingerprint density at radius 2 is 2.25 bits per heavy atom. The van der Waals surface area contributed by atoms with Crippen LogP contribution in [0.3, 0.4) is 0 Å². The summed E-state index contributed by atoms with van der Waals surface area (Å²) in [5, 5.41) is 9.23. The van der Waals surface area contributed by atoms with E-state index in [4.69, 9.17) is 0 Å². The van der Waals surface area contributed by atoms with Crippen LogP contribution >= 0.6 is 11.8 Å². The molecule has 1 N–H and O–H groups in total. The van der Waals surface area contributed by atoms with Gasteiger partial charge in [-0.25, -0.2) is 0 Å². The number of aliphatic carboxylic acids is 1. The topological polar surface area (TPSA) is 40.5 Å². The third kappa shape index (κ3) is 3.98. The molecule has 1 rings (SSSR count). The SMILES string of the molecule is CCSCCN1CCC(CC)CC1C(=O)O. The van der Waals surface area contributed by atoms with Gasteiger partial charge < -0.3 is 5.11 Å². The molecule has 0 aromatic heterocycles. The van der Waals surface area contributed by atoms with Crippen LogP contribution in [0.4, 0.5) is 0 Å². The minimum Gasteiger partial charge on any atom is -0.480 e. The third-order valence-corrected chi connectivity index (χ3v) is 4.29. The molecule has 94 valence electrons. The molecule has 0 radical (unpaired) electrons. The van der Waals surface area contributed by atoms with Gasteiger partial charge in [0.05, 0.1) is 0 Å². The van der Waals surface area contributed by atoms with Gasteiger partial charge in [-0.15, -0.1) is 0 Å². The number of hydrogen-bond donors (Lipinski definition) is 1. The first kappa shape index (κ1) is 13.8. The molecule has 0 aromatic carbocycles. The summed E-state index contributed by atoms with van der Waals surface area (Å²) in [5.74, 6) is 2.14. The molecule has 0 bridgehead atoms. The first-order valence-electron chi connectivity index (χ1n) is 6.23. The number of carbonyl (C=O) groups is 1. The van der Waals surface area contributed by atoms with E-state index in [2.05, 4.69) is 18.7 Å². The number of carboxylic acid groups (broad SMARTS) is 1. The van der Waals surface area contributed by atoms with E-state index in [0.29, 0.717) is 5.92 Å². The first-order valence-corrected chi connectivity index (χ1v) is 7.39. The summed E-state index contributed by atoms with van der Waals surface area (Å²) in [6.07, 6.45) is 3.11. The normalized spacial score (nSPS) is 26.9. The Morgan fingerprint density at radius 3 is 2.81 bits per heavy atom. The number of likely N-dealkylation sites (tertiary alicyclic amines) is 1. The van der Waals surface area contributed by atoms with Crippen molar-refractivity contribution < 1.29 is 9.90 Å². The zero-order valence-electron chi connectivity index (χ0n) is 10.3. The molecule has 1 aliphatic rings. The second-order valence-corrected chi connectivity index (χ2v) is 5.78. The fourth-order valence-electron chi connectivity index (χ4n) is 2.31. The Labute approximate surface area is 103 Å². The third-order valence-electron chi connectivity index (χ3n) is 3.41. The highest BCUT2D eigenvalue weighted by Crippen LogP contribution is 2.25. The van der Waals surface area contributed by atoms with Crippen LogP contribution in [0.1, 0.15) is 33.1 Å². The van der Waals surface area contributed by atoms with Crippen molar-refractivity contribution in [3.05, 3.63) is 0 Å². The molecule has 1 aliphatic heterocycles. The molecule has 1 saturated heterocycles. The molecular formula is C12H23NO2S. The fourth-order valence-corrected chi connectivity index (χ4v) is 2.96. The Balaban J connectivity index is 2.45. The Morgan fingerprint density at radius 1 is 1.50 bits per heavy atom. The predicted molar refractivity (Wildman–Crippen MR) is 69.0 cm³/mol. The minimum atomic E-state index is -0.639. The van der Waals surface area contributed by atoms with Crippen molar-refractivity contribution in [1.29, 1.82) is 0 Å². The summed E-state index contributed by atoms with van der Waals surface area (Å²) in [6, 6.07) is -0.240. The van der Waals surface area contributed by atoms with Crippen LogP contribution in [0.5, 0.6) is 0 Å². The summed E-state index contributed by atoms with van der Waals surface area (Å²) >= 11 is 1.89. The summed E-state index contributed by atoms with van der Waals surface area (Å²) < 4.78 is 0. The van der Waals surface area contributed by atoms with Gasteiger partial charge in [0, 0.05) is 12.3 Å². The number of hydrogen-bond acceptors (Lipinski definition) is 3. The van der Waals surface area contributed by atoms with Gasteiger partial charge in [-0.2, -0.15) is 11.8 Å². The zero-order valence-corrected chi connectivity index (χ0v) is 11.1. The van der Waals surface area contributed by atoms with E-state index in [1.807, 2.05) is 11.8 Å². The van der Waals surface area contributed by atoms with E-state index in [0.717, 1.165) is 43.9 Å². The van der Waals surface area contributed by atoms with Gasteiger partial charge >= 0.3 is 5.97 Å². The standard InChI is InChI=1S/C12H23NO2S/c1-3-10-5-6-13(7-8-16-4-2)11(9-10)12(14)15/h10-11H,3-9H2,1-2H3,(H,14,15). The average Bonchev–Trinajstić information content (AvgIpc) is 2.29. The van der Waals surface area contributed by atoms with Gasteiger partial charge in [0.1, 0.15) is 6.04 Å². The quantitative estimate of drug-likeness (QED) is 0.729. The molecule has 0 amide bonds. The Hall–Kier alpha value is -0.220. The first-order chi connectivity index (χ1) is 7.69. The molecule has 16 heavy (non-hydrogen) atoms. The highest BCUT2D eigenvalue weighted by Gasteiger charge is 2.31. The average molecular weight is 245 g/mol. The maximum atomic E-state index is 11.2. The van der Waals surface area contributed by atoms with Crippen LogP contribution in [0.25, 0.3) is 0 Å². The second kappa shape index (κ2) is 7.17. The van der Waals surface area contributed by atoms with Crippen LogP contribution in [-0.4, -0.2) is 46.6 Å². The number of rotatable bonds is 6. The van der Waals surface area contributed by atoms with E-state index in [1.54, 1.807) is 0 Å². The van der Waals surface area contributed by atoms with Crippen LogP contribution < -0.4 is 0 Å². The molecule has 1 fully saturated rings. The monoisotopic (exact) mass is 245 g/mol. The van der Waals surface area contributed by atoms with Crippen LogP contribution in [0.15, 0.2) is 0 Å². The molecule has 3 nitrogen and oxygen atoms in total. The van der Waals surface area contributed by atoms with E-state index in [-0.39, 0.29) is 6.04 Å². The van der Waals surface area contributed by atoms with E-state index >= 15 is 0 Å². The van der Waals surface area contributed by atoms with Gasteiger partial charge in [-0.1, -0.05) is 20.3 Å². The van der Waals surface area contributed by atoms with E-state index in [1.165, 1.54) is 0 Å². The number of thioether (sulfide) groups is 1. The minimum absolute atomic E-state index is 0.240. The van der Waals surface area contributed by atoms with Crippen molar-refractivity contribution in [3.63, 3.8) is 0 Å². The lowest BCUT2D eigenvalue weighted by Crippen LogP contribution is -2.47. The molecule has 2 atom stereocenters. The highest BCUT2D eigenvalue weighted by molar-refractivity contribution is 7.99. The maximum absolute atomic E-state index is 11.2. The van der Waals surface area contributed by atoms with Gasteiger partial charge in [-0.05, 0) is 31.1 Å².